The summed E-state index contributed by atoms with van der Waals surface area (Å²) < 4.78 is 11.4. The van der Waals surface area contributed by atoms with Gasteiger partial charge < -0.3 is 5.11 Å². The molecule has 0 aliphatic heterocycles. The van der Waals surface area contributed by atoms with Crippen LogP contribution >= 0.6 is 42.1 Å². The van der Waals surface area contributed by atoms with Gasteiger partial charge in [0.15, 0.2) is 6.23 Å². The fraction of sp³-hybridized carbons (Fsp3) is 0.143. The Kier molecular flexibility index (Phi) is 5.37. The first-order valence-corrected chi connectivity index (χ1v) is 8.92. The lowest BCUT2D eigenvalue weighted by molar-refractivity contribution is 0.168. The van der Waals surface area contributed by atoms with Crippen LogP contribution in [-0.4, -0.2) is 15.1 Å². The fourth-order valence-corrected chi connectivity index (χ4v) is 4.53. The van der Waals surface area contributed by atoms with Crippen LogP contribution in [0.2, 0.25) is 0 Å². The number of aliphatic hydroxyl groups excluding tert-OH is 1. The quantitative estimate of drug-likeness (QED) is 0.498. The lowest BCUT2D eigenvalue weighted by Gasteiger charge is -2.27. The van der Waals surface area contributed by atoms with Gasteiger partial charge in [0.2, 0.25) is 11.1 Å². The molecule has 0 amide bonds. The number of hydrogen-bond donors (Lipinski definition) is 2. The van der Waals surface area contributed by atoms with Gasteiger partial charge in [0.25, 0.3) is 0 Å². The number of aliphatic hydroxyl groups is 1. The van der Waals surface area contributed by atoms with E-state index in [0.717, 1.165) is 0 Å². The van der Waals surface area contributed by atoms with Crippen molar-refractivity contribution in [3.63, 3.8) is 0 Å². The lowest BCUT2D eigenvalue weighted by Crippen LogP contribution is -2.42. The average molecular weight is 365 g/mol. The molecule has 2 N–H and O–H groups in total. The van der Waals surface area contributed by atoms with E-state index in [2.05, 4.69) is 5.09 Å². The minimum absolute atomic E-state index is 0.518. The summed E-state index contributed by atoms with van der Waals surface area (Å²) in [7, 11) is -3.33. The Bertz CT molecular complexity index is 588. The molecule has 0 heterocycles. The van der Waals surface area contributed by atoms with Crippen molar-refractivity contribution in [2.45, 2.75) is 10.0 Å². The molecule has 112 valence electrons. The first kappa shape index (κ1) is 16.8. The molecule has 0 fully saturated rings. The Morgan fingerprint density at radius 1 is 0.905 bits per heavy atom. The second-order valence-corrected chi connectivity index (χ2v) is 9.23. The molecule has 2 rings (SSSR count). The third kappa shape index (κ3) is 4.01. The molecular weight excluding hydrogens is 351 g/mol. The molecule has 21 heavy (non-hydrogen) atoms. The van der Waals surface area contributed by atoms with E-state index in [4.69, 9.17) is 34.8 Å². The van der Waals surface area contributed by atoms with Crippen molar-refractivity contribution in [1.82, 2.24) is 5.09 Å². The second kappa shape index (κ2) is 6.70. The first-order valence-electron chi connectivity index (χ1n) is 6.08. The standard InChI is InChI=1S/C14H13Cl3NO2P/c15-14(16,17)13(19)18-21(20,11-7-3-1-4-8-11)12-9-5-2-6-10-12/h1-10,13,19H,(H,18,20)/t13-/m1/s1. The zero-order chi connectivity index (χ0) is 15.5. The summed E-state index contributed by atoms with van der Waals surface area (Å²) in [5.74, 6) is 0. The maximum atomic E-state index is 13.4. The van der Waals surface area contributed by atoms with Crippen LogP contribution in [0.5, 0.6) is 0 Å². The summed E-state index contributed by atoms with van der Waals surface area (Å²) in [5, 5.41) is 13.6. The fourth-order valence-electron chi connectivity index (χ4n) is 1.82. The van der Waals surface area contributed by atoms with Crippen molar-refractivity contribution in [2.24, 2.45) is 0 Å². The monoisotopic (exact) mass is 363 g/mol. The molecule has 0 aliphatic carbocycles. The van der Waals surface area contributed by atoms with Crippen LogP contribution in [0.4, 0.5) is 0 Å². The van der Waals surface area contributed by atoms with Gasteiger partial charge in [0.1, 0.15) is 0 Å². The van der Waals surface area contributed by atoms with E-state index >= 15 is 0 Å². The number of rotatable bonds is 4. The Morgan fingerprint density at radius 3 is 1.62 bits per heavy atom. The largest absolute Gasteiger partial charge is 0.374 e. The van der Waals surface area contributed by atoms with Crippen molar-refractivity contribution in [1.29, 1.82) is 0 Å². The van der Waals surface area contributed by atoms with Gasteiger partial charge in [0, 0.05) is 10.6 Å². The molecule has 2 aromatic carbocycles. The van der Waals surface area contributed by atoms with E-state index in [0.29, 0.717) is 10.6 Å². The van der Waals surface area contributed by atoms with E-state index in [-0.39, 0.29) is 0 Å². The third-order valence-corrected chi connectivity index (χ3v) is 6.13. The van der Waals surface area contributed by atoms with Crippen LogP contribution in [0.1, 0.15) is 0 Å². The molecule has 0 radical (unpaired) electrons. The number of halogens is 3. The van der Waals surface area contributed by atoms with Crippen LogP contribution in [0.25, 0.3) is 0 Å². The Balaban J connectivity index is 2.48. The Morgan fingerprint density at radius 2 is 1.29 bits per heavy atom. The van der Waals surface area contributed by atoms with Crippen LogP contribution in [0, 0.1) is 0 Å². The molecule has 0 unspecified atom stereocenters. The molecule has 2 aromatic rings. The molecule has 7 heteroatoms. The predicted octanol–water partition coefficient (Wildman–Crippen LogP) is 3.19. The second-order valence-electron chi connectivity index (χ2n) is 4.35. The van der Waals surface area contributed by atoms with Crippen LogP contribution in [-0.2, 0) is 4.57 Å². The lowest BCUT2D eigenvalue weighted by atomic mass is 10.4. The van der Waals surface area contributed by atoms with Gasteiger partial charge in [-0.05, 0) is 24.3 Å². The highest BCUT2D eigenvalue weighted by Crippen LogP contribution is 2.42. The number of alkyl halides is 3. The van der Waals surface area contributed by atoms with E-state index < -0.39 is 17.3 Å². The SMILES string of the molecule is O=P(N[C@H](O)C(Cl)(Cl)Cl)(c1ccccc1)c1ccccc1. The number of hydrogen-bond acceptors (Lipinski definition) is 2. The van der Waals surface area contributed by atoms with Crippen molar-refractivity contribution < 1.29 is 9.67 Å². The van der Waals surface area contributed by atoms with Crippen molar-refractivity contribution in [3.8, 4) is 0 Å². The van der Waals surface area contributed by atoms with Crippen molar-refractivity contribution >= 4 is 52.7 Å². The zero-order valence-corrected chi connectivity index (χ0v) is 13.9. The summed E-state index contributed by atoms with van der Waals surface area (Å²) in [6.07, 6.45) is -1.58. The Labute approximate surface area is 138 Å². The van der Waals surface area contributed by atoms with Gasteiger partial charge in [-0.15, -0.1) is 0 Å². The van der Waals surface area contributed by atoms with Gasteiger partial charge in [0.05, 0.1) is 0 Å². The number of nitrogens with one attached hydrogen (secondary N) is 1. The minimum atomic E-state index is -3.33. The van der Waals surface area contributed by atoms with Crippen LogP contribution < -0.4 is 15.7 Å². The first-order chi connectivity index (χ1) is 9.84. The van der Waals surface area contributed by atoms with E-state index in [9.17, 15) is 9.67 Å². The van der Waals surface area contributed by atoms with Gasteiger partial charge in [-0.1, -0.05) is 71.2 Å². The highest BCUT2D eigenvalue weighted by atomic mass is 35.6. The molecule has 0 aromatic heterocycles. The molecule has 0 aliphatic rings. The summed E-state index contributed by atoms with van der Waals surface area (Å²) >= 11 is 17.0. The van der Waals surface area contributed by atoms with Gasteiger partial charge >= 0.3 is 0 Å². The maximum Gasteiger partial charge on any atom is 0.229 e. The van der Waals surface area contributed by atoms with Gasteiger partial charge in [-0.3, -0.25) is 4.57 Å². The smallest absolute Gasteiger partial charge is 0.229 e. The van der Waals surface area contributed by atoms with Crippen molar-refractivity contribution in [3.05, 3.63) is 60.7 Å². The van der Waals surface area contributed by atoms with Crippen LogP contribution in [0.15, 0.2) is 60.7 Å². The summed E-state index contributed by atoms with van der Waals surface area (Å²) in [6, 6.07) is 17.5. The zero-order valence-electron chi connectivity index (χ0n) is 10.8. The third-order valence-electron chi connectivity index (χ3n) is 2.85. The molecule has 0 bridgehead atoms. The molecule has 0 saturated carbocycles. The van der Waals surface area contributed by atoms with Gasteiger partial charge in [-0.25, -0.2) is 5.09 Å². The molecule has 3 nitrogen and oxygen atoms in total. The number of benzene rings is 2. The molecule has 1 atom stereocenters. The van der Waals surface area contributed by atoms with E-state index in [1.54, 1.807) is 48.5 Å². The molecular formula is C14H13Cl3NO2P. The minimum Gasteiger partial charge on any atom is -0.374 e. The Hall–Kier alpha value is -0.540. The van der Waals surface area contributed by atoms with E-state index in [1.165, 1.54) is 0 Å². The average Bonchev–Trinajstić information content (AvgIpc) is 2.48. The van der Waals surface area contributed by atoms with Crippen molar-refractivity contribution in [2.75, 3.05) is 0 Å². The predicted molar refractivity (Wildman–Crippen MR) is 89.2 cm³/mol. The summed E-state index contributed by atoms with van der Waals surface area (Å²) in [6.45, 7) is 0. The van der Waals surface area contributed by atoms with E-state index in [1.807, 2.05) is 12.1 Å². The molecule has 0 saturated heterocycles. The highest BCUT2D eigenvalue weighted by molar-refractivity contribution is 7.76. The highest BCUT2D eigenvalue weighted by Gasteiger charge is 2.38. The topological polar surface area (TPSA) is 49.3 Å². The van der Waals surface area contributed by atoms with Crippen LogP contribution in [0.3, 0.4) is 0 Å². The summed E-state index contributed by atoms with van der Waals surface area (Å²) in [5.41, 5.74) is 0. The summed E-state index contributed by atoms with van der Waals surface area (Å²) in [4.78, 5) is 0. The molecule has 0 spiro atoms. The van der Waals surface area contributed by atoms with Gasteiger partial charge in [-0.2, -0.15) is 0 Å². The maximum absolute atomic E-state index is 13.4. The normalized spacial score (nSPS) is 13.9.